The molecule has 2 fully saturated rings. The highest BCUT2D eigenvalue weighted by Gasteiger charge is 2.48. The van der Waals surface area contributed by atoms with Gasteiger partial charge < -0.3 is 10.1 Å². The fraction of sp³-hybridized carbons (Fsp3) is 0.571. The van der Waals surface area contributed by atoms with Gasteiger partial charge in [-0.25, -0.2) is 9.67 Å². The molecule has 0 aromatic carbocycles. The summed E-state index contributed by atoms with van der Waals surface area (Å²) in [5.74, 6) is 0.0675. The number of nitrogens with zero attached hydrogens (tertiary/aromatic N) is 4. The van der Waals surface area contributed by atoms with E-state index in [4.69, 9.17) is 19.8 Å². The van der Waals surface area contributed by atoms with Gasteiger partial charge in [-0.05, 0) is 45.6 Å². The number of anilines is 1. The maximum atomic E-state index is 9.13. The number of rotatable bonds is 4. The molecule has 0 radical (unpaired) electrons. The van der Waals surface area contributed by atoms with Crippen LogP contribution in [-0.4, -0.2) is 39.6 Å². The van der Waals surface area contributed by atoms with E-state index in [1.54, 1.807) is 0 Å². The van der Waals surface area contributed by atoms with Crippen molar-refractivity contribution in [1.29, 1.82) is 5.26 Å². The topological polar surface area (TPSA) is 97.0 Å². The Kier molecular flexibility index (Phi) is 4.45. The SMILES string of the molecule is CCn1nc(C)c2c(NC3CCOCC3)c(C3=CC4(CC(C#N)C4)ON3)cnc21. The number of hydrogen-bond acceptors (Lipinski definition) is 7. The summed E-state index contributed by atoms with van der Waals surface area (Å²) in [4.78, 5) is 10.6. The standard InChI is InChI=1S/C21H26N6O2/c1-3-27-20-18(13(2)25-27)19(24-15-4-6-28-7-5-15)16(12-23-20)17-10-21(29-26-17)8-14(9-21)11-22/h10,12,14-15,26H,3-9H2,1-2H3,(H,23,24). The van der Waals surface area contributed by atoms with Gasteiger partial charge in [0.2, 0.25) is 0 Å². The molecular weight excluding hydrogens is 368 g/mol. The lowest BCUT2D eigenvalue weighted by Crippen LogP contribution is -2.43. The Bertz CT molecular complexity index is 1010. The van der Waals surface area contributed by atoms with Crippen molar-refractivity contribution in [2.75, 3.05) is 18.5 Å². The molecule has 0 unspecified atom stereocenters. The number of fused-ring (bicyclic) bond motifs is 1. The second kappa shape index (κ2) is 7.01. The third-order valence-electron chi connectivity index (χ3n) is 6.23. The van der Waals surface area contributed by atoms with Crippen LogP contribution in [0.5, 0.6) is 0 Å². The van der Waals surface area contributed by atoms with Gasteiger partial charge in [-0.3, -0.25) is 10.3 Å². The van der Waals surface area contributed by atoms with Crippen LogP contribution in [-0.2, 0) is 16.1 Å². The normalized spacial score (nSPS) is 26.8. The summed E-state index contributed by atoms with van der Waals surface area (Å²) in [7, 11) is 0. The first-order valence-electron chi connectivity index (χ1n) is 10.4. The van der Waals surface area contributed by atoms with Gasteiger partial charge in [-0.15, -0.1) is 0 Å². The van der Waals surface area contributed by atoms with E-state index in [1.165, 1.54) is 0 Å². The van der Waals surface area contributed by atoms with Gasteiger partial charge in [-0.1, -0.05) is 0 Å². The van der Waals surface area contributed by atoms with Crippen molar-refractivity contribution in [2.45, 2.75) is 57.7 Å². The maximum absolute atomic E-state index is 9.13. The van der Waals surface area contributed by atoms with Crippen LogP contribution < -0.4 is 10.8 Å². The van der Waals surface area contributed by atoms with Crippen LogP contribution in [0.3, 0.4) is 0 Å². The lowest BCUT2D eigenvalue weighted by Gasteiger charge is -2.37. The Labute approximate surface area is 169 Å². The van der Waals surface area contributed by atoms with E-state index in [0.717, 1.165) is 79.1 Å². The van der Waals surface area contributed by atoms with Crippen LogP contribution in [0.4, 0.5) is 5.69 Å². The average molecular weight is 394 g/mol. The minimum absolute atomic E-state index is 0.0675. The molecule has 0 bridgehead atoms. The molecule has 0 amide bonds. The molecule has 152 valence electrons. The Balaban J connectivity index is 1.58. The molecule has 2 aromatic rings. The highest BCUT2D eigenvalue weighted by atomic mass is 16.7. The van der Waals surface area contributed by atoms with Gasteiger partial charge in [0.15, 0.2) is 5.65 Å². The molecule has 1 saturated heterocycles. The van der Waals surface area contributed by atoms with Crippen molar-refractivity contribution < 1.29 is 9.57 Å². The average Bonchev–Trinajstić information content (AvgIpc) is 3.30. The quantitative estimate of drug-likeness (QED) is 0.823. The highest BCUT2D eigenvalue weighted by molar-refractivity contribution is 5.97. The predicted octanol–water partition coefficient (Wildman–Crippen LogP) is 2.90. The zero-order chi connectivity index (χ0) is 20.0. The number of nitrogens with one attached hydrogen (secondary N) is 2. The molecule has 4 heterocycles. The lowest BCUT2D eigenvalue weighted by atomic mass is 9.71. The smallest absolute Gasteiger partial charge is 0.160 e. The minimum atomic E-state index is -0.372. The Morgan fingerprint density at radius 3 is 2.90 bits per heavy atom. The number of hydroxylamine groups is 1. The van der Waals surface area contributed by atoms with Crippen molar-refractivity contribution in [3.8, 4) is 6.07 Å². The highest BCUT2D eigenvalue weighted by Crippen LogP contribution is 2.46. The molecule has 3 aliphatic rings. The van der Waals surface area contributed by atoms with Crippen LogP contribution in [0, 0.1) is 24.2 Å². The molecule has 8 nitrogen and oxygen atoms in total. The number of aryl methyl sites for hydroxylation is 2. The first kappa shape index (κ1) is 18.4. The zero-order valence-corrected chi connectivity index (χ0v) is 16.9. The van der Waals surface area contributed by atoms with Gasteiger partial charge in [0.25, 0.3) is 0 Å². The summed E-state index contributed by atoms with van der Waals surface area (Å²) in [5, 5.41) is 18.6. The number of ether oxygens (including phenoxy) is 1. The molecule has 2 N–H and O–H groups in total. The van der Waals surface area contributed by atoms with Gasteiger partial charge >= 0.3 is 0 Å². The van der Waals surface area contributed by atoms with Gasteiger partial charge in [0, 0.05) is 37.6 Å². The second-order valence-corrected chi connectivity index (χ2v) is 8.24. The molecule has 0 atom stereocenters. The van der Waals surface area contributed by atoms with Gasteiger partial charge in [-0.2, -0.15) is 10.4 Å². The Morgan fingerprint density at radius 2 is 2.17 bits per heavy atom. The summed E-state index contributed by atoms with van der Waals surface area (Å²) in [6.07, 6.45) is 7.43. The molecular formula is C21H26N6O2. The monoisotopic (exact) mass is 394 g/mol. The van der Waals surface area contributed by atoms with E-state index < -0.39 is 0 Å². The first-order chi connectivity index (χ1) is 14.1. The molecule has 1 saturated carbocycles. The predicted molar refractivity (Wildman–Crippen MR) is 109 cm³/mol. The lowest BCUT2D eigenvalue weighted by molar-refractivity contribution is -0.0982. The summed E-state index contributed by atoms with van der Waals surface area (Å²) in [6, 6.07) is 2.68. The fourth-order valence-electron chi connectivity index (χ4n) is 4.62. The van der Waals surface area contributed by atoms with E-state index >= 15 is 0 Å². The van der Waals surface area contributed by atoms with Crippen molar-refractivity contribution in [1.82, 2.24) is 20.2 Å². The van der Waals surface area contributed by atoms with Crippen LogP contribution in [0.15, 0.2) is 12.3 Å². The third-order valence-corrected chi connectivity index (χ3v) is 6.23. The summed E-state index contributed by atoms with van der Waals surface area (Å²) < 4.78 is 7.48. The van der Waals surface area contributed by atoms with E-state index in [1.807, 2.05) is 17.8 Å². The summed E-state index contributed by atoms with van der Waals surface area (Å²) in [5.41, 5.74) is 7.55. The zero-order valence-electron chi connectivity index (χ0n) is 16.9. The van der Waals surface area contributed by atoms with E-state index in [2.05, 4.69) is 35.0 Å². The van der Waals surface area contributed by atoms with E-state index in [0.29, 0.717) is 6.04 Å². The first-order valence-corrected chi connectivity index (χ1v) is 10.4. The van der Waals surface area contributed by atoms with E-state index in [9.17, 15) is 0 Å². The Hall–Kier alpha value is -2.63. The third kappa shape index (κ3) is 3.05. The van der Waals surface area contributed by atoms with Crippen molar-refractivity contribution >= 4 is 22.4 Å². The molecule has 2 aromatic heterocycles. The Morgan fingerprint density at radius 1 is 1.38 bits per heavy atom. The van der Waals surface area contributed by atoms with Crippen LogP contribution in [0.25, 0.3) is 16.7 Å². The second-order valence-electron chi connectivity index (χ2n) is 8.24. The summed E-state index contributed by atoms with van der Waals surface area (Å²) in [6.45, 7) is 6.44. The van der Waals surface area contributed by atoms with Crippen LogP contribution in [0.1, 0.15) is 43.9 Å². The molecule has 5 rings (SSSR count). The molecule has 29 heavy (non-hydrogen) atoms. The van der Waals surface area contributed by atoms with Crippen molar-refractivity contribution in [2.24, 2.45) is 5.92 Å². The molecule has 1 spiro atoms. The van der Waals surface area contributed by atoms with Crippen LogP contribution >= 0.6 is 0 Å². The minimum Gasteiger partial charge on any atom is -0.381 e. The van der Waals surface area contributed by atoms with Crippen molar-refractivity contribution in [3.05, 3.63) is 23.5 Å². The van der Waals surface area contributed by atoms with Gasteiger partial charge in [0.1, 0.15) is 5.60 Å². The fourth-order valence-corrected chi connectivity index (χ4v) is 4.62. The molecule has 2 aliphatic heterocycles. The number of pyridine rings is 1. The largest absolute Gasteiger partial charge is 0.381 e. The van der Waals surface area contributed by atoms with Gasteiger partial charge in [0.05, 0.1) is 34.5 Å². The van der Waals surface area contributed by atoms with Crippen LogP contribution in [0.2, 0.25) is 0 Å². The summed E-state index contributed by atoms with van der Waals surface area (Å²) >= 11 is 0. The number of aromatic nitrogens is 3. The number of nitriles is 1. The van der Waals surface area contributed by atoms with Crippen molar-refractivity contribution in [3.63, 3.8) is 0 Å². The number of hydrogen-bond donors (Lipinski definition) is 2. The molecule has 8 heteroatoms. The molecule has 1 aliphatic carbocycles. The maximum Gasteiger partial charge on any atom is 0.160 e. The van der Waals surface area contributed by atoms with E-state index in [-0.39, 0.29) is 11.5 Å².